The van der Waals surface area contributed by atoms with Crippen molar-refractivity contribution in [3.63, 3.8) is 0 Å². The third-order valence-corrected chi connectivity index (χ3v) is 2.22. The van der Waals surface area contributed by atoms with Gasteiger partial charge in [0.15, 0.2) is 0 Å². The second kappa shape index (κ2) is 13.0. The molecule has 0 aromatic rings. The van der Waals surface area contributed by atoms with Gasteiger partial charge in [0.05, 0.1) is 6.61 Å². The van der Waals surface area contributed by atoms with E-state index in [1.165, 1.54) is 0 Å². The van der Waals surface area contributed by atoms with Crippen LogP contribution in [0.15, 0.2) is 12.2 Å². The number of amides is 2. The Morgan fingerprint density at radius 1 is 1.24 bits per heavy atom. The summed E-state index contributed by atoms with van der Waals surface area (Å²) in [5.41, 5.74) is 0. The van der Waals surface area contributed by atoms with E-state index < -0.39 is 0 Å². The summed E-state index contributed by atoms with van der Waals surface area (Å²) < 4.78 is 0. The van der Waals surface area contributed by atoms with Gasteiger partial charge >= 0.3 is 6.03 Å². The summed E-state index contributed by atoms with van der Waals surface area (Å²) in [6.45, 7) is 10.1. The average molecular weight is 244 g/mol. The van der Waals surface area contributed by atoms with Crippen molar-refractivity contribution in [3.8, 4) is 0 Å². The zero-order valence-corrected chi connectivity index (χ0v) is 11.9. The van der Waals surface area contributed by atoms with Crippen molar-refractivity contribution in [1.29, 1.82) is 0 Å². The van der Waals surface area contributed by atoms with Gasteiger partial charge in [-0.1, -0.05) is 26.0 Å². The number of nitrogens with zero attached hydrogens (tertiary/aromatic N) is 2. The highest BCUT2D eigenvalue weighted by atomic mass is 16.3. The lowest BCUT2D eigenvalue weighted by molar-refractivity contribution is 0.127. The fourth-order valence-electron chi connectivity index (χ4n) is 1.26. The number of β-amino-alcohol motifs (C(OH)–C–C–N with tert-alkyl or cyclic N) is 1. The van der Waals surface area contributed by atoms with Gasteiger partial charge in [-0.3, -0.25) is 0 Å². The van der Waals surface area contributed by atoms with Crippen LogP contribution in [0.4, 0.5) is 4.79 Å². The minimum absolute atomic E-state index is 0.0327. The Bertz CT molecular complexity index is 200. The minimum Gasteiger partial charge on any atom is -0.395 e. The molecule has 0 aliphatic carbocycles. The Kier molecular flexibility index (Phi) is 14.1. The number of aliphatic hydroxyl groups excluding tert-OH is 1. The molecular weight excluding hydrogens is 216 g/mol. The maximum absolute atomic E-state index is 11.3. The quantitative estimate of drug-likeness (QED) is 0.758. The van der Waals surface area contributed by atoms with Crippen LogP contribution >= 0.6 is 0 Å². The van der Waals surface area contributed by atoms with Crippen LogP contribution in [-0.2, 0) is 0 Å². The summed E-state index contributed by atoms with van der Waals surface area (Å²) in [6.07, 6.45) is 5.00. The summed E-state index contributed by atoms with van der Waals surface area (Å²) in [4.78, 5) is 14.6. The average Bonchev–Trinajstić information content (AvgIpc) is 2.38. The molecule has 1 N–H and O–H groups in total. The zero-order chi connectivity index (χ0) is 13.7. The van der Waals surface area contributed by atoms with E-state index in [0.29, 0.717) is 6.54 Å². The highest BCUT2D eigenvalue weighted by Gasteiger charge is 2.21. The normalized spacial score (nSPS) is 15.1. The first-order valence-corrected chi connectivity index (χ1v) is 6.35. The second-order valence-corrected chi connectivity index (χ2v) is 3.44. The van der Waals surface area contributed by atoms with E-state index in [9.17, 15) is 4.79 Å². The van der Waals surface area contributed by atoms with Crippen molar-refractivity contribution in [2.75, 3.05) is 33.3 Å². The summed E-state index contributed by atoms with van der Waals surface area (Å²) in [5.74, 6) is 0. The molecule has 0 spiro atoms. The van der Waals surface area contributed by atoms with Crippen molar-refractivity contribution < 1.29 is 9.90 Å². The molecule has 1 saturated heterocycles. The number of rotatable bonds is 2. The van der Waals surface area contributed by atoms with Crippen LogP contribution in [0.25, 0.3) is 0 Å². The topological polar surface area (TPSA) is 43.8 Å². The zero-order valence-electron chi connectivity index (χ0n) is 11.9. The molecule has 1 heterocycles. The molecule has 1 aliphatic heterocycles. The molecule has 0 aromatic carbocycles. The van der Waals surface area contributed by atoms with Crippen molar-refractivity contribution in [1.82, 2.24) is 9.80 Å². The third kappa shape index (κ3) is 8.74. The highest BCUT2D eigenvalue weighted by molar-refractivity contribution is 5.74. The van der Waals surface area contributed by atoms with Crippen LogP contribution in [0.5, 0.6) is 0 Å². The van der Waals surface area contributed by atoms with Gasteiger partial charge in [0.1, 0.15) is 0 Å². The molecule has 0 unspecified atom stereocenters. The third-order valence-electron chi connectivity index (χ3n) is 2.22. The van der Waals surface area contributed by atoms with Gasteiger partial charge in [-0.2, -0.15) is 0 Å². The Labute approximate surface area is 106 Å². The molecule has 1 aliphatic rings. The lowest BCUT2D eigenvalue weighted by atomic mass is 10.3. The maximum atomic E-state index is 11.3. The highest BCUT2D eigenvalue weighted by Crippen LogP contribution is 2.05. The smallest absolute Gasteiger partial charge is 0.319 e. The van der Waals surface area contributed by atoms with Gasteiger partial charge in [0.2, 0.25) is 0 Å². The largest absolute Gasteiger partial charge is 0.395 e. The van der Waals surface area contributed by atoms with E-state index in [1.807, 2.05) is 39.8 Å². The molecule has 0 saturated carbocycles. The lowest BCUT2D eigenvalue weighted by Crippen LogP contribution is -2.48. The predicted octanol–water partition coefficient (Wildman–Crippen LogP) is 2.34. The first-order valence-electron chi connectivity index (χ1n) is 6.35. The molecule has 1 rings (SSSR count). The van der Waals surface area contributed by atoms with Crippen LogP contribution in [0.3, 0.4) is 0 Å². The fraction of sp³-hybridized carbons (Fsp3) is 0.769. The maximum Gasteiger partial charge on any atom is 0.319 e. The van der Waals surface area contributed by atoms with E-state index in [2.05, 4.69) is 0 Å². The number of aliphatic hydroxyl groups is 1. The number of carbonyl (C=O) groups is 1. The standard InChI is InChI=1S/C7H14N2O2.C4H8.C2H6/c1-8-3-2-4-9(5-6-10)7(8)11;1-3-4-2;1-2/h10H,2-6H2,1H3;3-4H,1-2H3;1-2H3/b;4-3-;. The molecule has 102 valence electrons. The minimum atomic E-state index is 0.0327. The van der Waals surface area contributed by atoms with E-state index in [-0.39, 0.29) is 12.6 Å². The molecule has 0 aromatic heterocycles. The number of allylic oxidation sites excluding steroid dienone is 2. The Morgan fingerprint density at radius 3 is 2.18 bits per heavy atom. The van der Waals surface area contributed by atoms with E-state index in [4.69, 9.17) is 5.11 Å². The van der Waals surface area contributed by atoms with Crippen molar-refractivity contribution >= 4 is 6.03 Å². The fourth-order valence-corrected chi connectivity index (χ4v) is 1.26. The molecule has 0 atom stereocenters. The number of hydrogen-bond acceptors (Lipinski definition) is 2. The molecule has 17 heavy (non-hydrogen) atoms. The van der Waals surface area contributed by atoms with Crippen LogP contribution in [0.1, 0.15) is 34.1 Å². The monoisotopic (exact) mass is 244 g/mol. The van der Waals surface area contributed by atoms with Crippen LogP contribution in [-0.4, -0.2) is 54.2 Å². The SMILES string of the molecule is C/C=C\C.CC.CN1CCCN(CCO)C1=O. The second-order valence-electron chi connectivity index (χ2n) is 3.44. The van der Waals surface area contributed by atoms with Gasteiger partial charge in [-0.05, 0) is 20.3 Å². The van der Waals surface area contributed by atoms with Crippen LogP contribution in [0, 0.1) is 0 Å². The Hall–Kier alpha value is -1.03. The van der Waals surface area contributed by atoms with Crippen LogP contribution in [0.2, 0.25) is 0 Å². The van der Waals surface area contributed by atoms with E-state index in [1.54, 1.807) is 16.8 Å². The Balaban J connectivity index is 0. The predicted molar refractivity (Wildman–Crippen MR) is 73.1 cm³/mol. The van der Waals surface area contributed by atoms with Crippen LogP contribution < -0.4 is 0 Å². The van der Waals surface area contributed by atoms with Crippen molar-refractivity contribution in [3.05, 3.63) is 12.2 Å². The van der Waals surface area contributed by atoms with Crippen molar-refractivity contribution in [2.24, 2.45) is 0 Å². The number of hydrogen-bond donors (Lipinski definition) is 1. The summed E-state index contributed by atoms with van der Waals surface area (Å²) in [5, 5.41) is 8.61. The molecule has 2 amide bonds. The molecule has 4 heteroatoms. The summed E-state index contributed by atoms with van der Waals surface area (Å²) >= 11 is 0. The molecular formula is C13H28N2O2. The van der Waals surface area contributed by atoms with Gasteiger partial charge in [0.25, 0.3) is 0 Å². The lowest BCUT2D eigenvalue weighted by Gasteiger charge is -2.32. The van der Waals surface area contributed by atoms with Gasteiger partial charge in [0, 0.05) is 26.7 Å². The number of carbonyl (C=O) groups excluding carboxylic acids is 1. The van der Waals surface area contributed by atoms with Crippen molar-refractivity contribution in [2.45, 2.75) is 34.1 Å². The first-order chi connectivity index (χ1) is 8.17. The summed E-state index contributed by atoms with van der Waals surface area (Å²) in [7, 11) is 1.78. The van der Waals surface area contributed by atoms with E-state index >= 15 is 0 Å². The van der Waals surface area contributed by atoms with E-state index in [0.717, 1.165) is 19.5 Å². The number of urea groups is 1. The van der Waals surface area contributed by atoms with Gasteiger partial charge < -0.3 is 14.9 Å². The Morgan fingerprint density at radius 2 is 1.76 bits per heavy atom. The molecule has 1 fully saturated rings. The molecule has 0 radical (unpaired) electrons. The molecule has 4 nitrogen and oxygen atoms in total. The summed E-state index contributed by atoms with van der Waals surface area (Å²) in [6, 6.07) is 0.0327. The molecule has 0 bridgehead atoms. The van der Waals surface area contributed by atoms with Gasteiger partial charge in [-0.25, -0.2) is 4.79 Å². The first kappa shape index (κ1) is 18.3. The van der Waals surface area contributed by atoms with Gasteiger partial charge in [-0.15, -0.1) is 0 Å².